The summed E-state index contributed by atoms with van der Waals surface area (Å²) in [5, 5.41) is 4.82. The Balaban J connectivity index is 0. The number of hydrogen-bond acceptors (Lipinski definition) is 5. The van der Waals surface area contributed by atoms with E-state index in [0.29, 0.717) is 0 Å². The molecule has 0 spiro atoms. The number of nitrogens with one attached hydrogen (secondary N) is 2. The molecular weight excluding hydrogens is 300 g/mol. The second kappa shape index (κ2) is 11.7. The van der Waals surface area contributed by atoms with Gasteiger partial charge in [-0.2, -0.15) is 0 Å². The molecule has 0 saturated heterocycles. The van der Waals surface area contributed by atoms with Gasteiger partial charge in [0.2, 0.25) is 5.91 Å². The number of carbonyl (C=O) groups excluding carboxylic acids is 3. The second-order valence-electron chi connectivity index (χ2n) is 6.37. The summed E-state index contributed by atoms with van der Waals surface area (Å²) in [5.41, 5.74) is -0.632. The molecule has 0 aliphatic heterocycles. The van der Waals surface area contributed by atoms with Crippen molar-refractivity contribution in [2.24, 2.45) is 5.92 Å². The van der Waals surface area contributed by atoms with E-state index in [1.54, 1.807) is 34.6 Å². The molecule has 7 nitrogen and oxygen atoms in total. The van der Waals surface area contributed by atoms with Gasteiger partial charge in [0.15, 0.2) is 0 Å². The van der Waals surface area contributed by atoms with Crippen LogP contribution in [0.25, 0.3) is 0 Å². The zero-order valence-corrected chi connectivity index (χ0v) is 15.6. The summed E-state index contributed by atoms with van der Waals surface area (Å²) in [5.74, 6) is -1.13. The topological polar surface area (TPSA) is 93.7 Å². The van der Waals surface area contributed by atoms with Crippen LogP contribution in [0.15, 0.2) is 0 Å². The molecule has 0 aromatic carbocycles. The van der Waals surface area contributed by atoms with Crippen molar-refractivity contribution in [3.05, 3.63) is 0 Å². The predicted molar refractivity (Wildman–Crippen MR) is 89.0 cm³/mol. The smallest absolute Gasteiger partial charge is 0.408 e. The molecule has 0 bridgehead atoms. The van der Waals surface area contributed by atoms with Gasteiger partial charge in [-0.05, 0) is 26.7 Å². The third-order valence-electron chi connectivity index (χ3n) is 2.23. The highest BCUT2D eigenvalue weighted by molar-refractivity contribution is 5.87. The minimum atomic E-state index is -0.743. The van der Waals surface area contributed by atoms with Crippen LogP contribution in [0.1, 0.15) is 54.9 Å². The van der Waals surface area contributed by atoms with Crippen LogP contribution in [0, 0.1) is 5.92 Å². The van der Waals surface area contributed by atoms with Crippen LogP contribution in [-0.4, -0.2) is 43.3 Å². The van der Waals surface area contributed by atoms with Gasteiger partial charge in [-0.25, -0.2) is 9.59 Å². The maximum Gasteiger partial charge on any atom is 0.408 e. The minimum absolute atomic E-state index is 0.118. The van der Waals surface area contributed by atoms with E-state index < -0.39 is 29.6 Å². The van der Waals surface area contributed by atoms with Crippen molar-refractivity contribution in [2.75, 3.05) is 13.7 Å². The van der Waals surface area contributed by atoms with E-state index in [2.05, 4.69) is 29.2 Å². The first-order valence-corrected chi connectivity index (χ1v) is 7.82. The van der Waals surface area contributed by atoms with E-state index in [1.807, 2.05) is 0 Å². The third kappa shape index (κ3) is 13.6. The first-order chi connectivity index (χ1) is 10.5. The summed E-state index contributed by atoms with van der Waals surface area (Å²) in [6, 6.07) is -0.743. The van der Waals surface area contributed by atoms with Crippen LogP contribution in [0.3, 0.4) is 0 Å². The van der Waals surface area contributed by atoms with Crippen LogP contribution in [0.5, 0.6) is 0 Å². The fraction of sp³-hybridized carbons (Fsp3) is 0.812. The van der Waals surface area contributed by atoms with Crippen molar-refractivity contribution in [1.29, 1.82) is 0 Å². The fourth-order valence-electron chi connectivity index (χ4n) is 1.32. The Hall–Kier alpha value is -1.79. The summed E-state index contributed by atoms with van der Waals surface area (Å²) in [4.78, 5) is 34.5. The summed E-state index contributed by atoms with van der Waals surface area (Å²) in [6.07, 6.45) is 0.562. The molecule has 136 valence electrons. The Bertz CT molecular complexity index is 375. The van der Waals surface area contributed by atoms with Crippen molar-refractivity contribution in [2.45, 2.75) is 66.5 Å². The number of ether oxygens (including phenoxy) is 2. The molecule has 0 aliphatic carbocycles. The number of rotatable bonds is 5. The number of methoxy groups -OCH3 is 1. The van der Waals surface area contributed by atoms with Crippen LogP contribution in [0.2, 0.25) is 0 Å². The molecular formula is C16H32N2O5. The van der Waals surface area contributed by atoms with E-state index in [-0.39, 0.29) is 12.5 Å². The summed E-state index contributed by atoms with van der Waals surface area (Å²) in [7, 11) is 1.25. The van der Waals surface area contributed by atoms with Crippen molar-refractivity contribution in [3.8, 4) is 0 Å². The molecule has 2 N–H and O–H groups in total. The molecule has 7 heteroatoms. The maximum absolute atomic E-state index is 11.7. The summed E-state index contributed by atoms with van der Waals surface area (Å²) >= 11 is 0. The minimum Gasteiger partial charge on any atom is -0.467 e. The SMILES string of the molecule is CCC.COC(=O)C(NC(=O)CNC(=O)OC(C)(C)C)C(C)C. The molecule has 0 aliphatic rings. The molecule has 0 radical (unpaired) electrons. The number of esters is 1. The monoisotopic (exact) mass is 332 g/mol. The largest absolute Gasteiger partial charge is 0.467 e. The Kier molecular flexibility index (Phi) is 12.0. The van der Waals surface area contributed by atoms with Crippen molar-refractivity contribution < 1.29 is 23.9 Å². The lowest BCUT2D eigenvalue weighted by Gasteiger charge is -2.21. The van der Waals surface area contributed by atoms with Crippen molar-refractivity contribution >= 4 is 18.0 Å². The van der Waals surface area contributed by atoms with Gasteiger partial charge in [0.1, 0.15) is 18.2 Å². The normalized spacial score (nSPS) is 11.7. The molecule has 0 heterocycles. The second-order valence-corrected chi connectivity index (χ2v) is 6.37. The van der Waals surface area contributed by atoms with Gasteiger partial charge in [0, 0.05) is 0 Å². The van der Waals surface area contributed by atoms with Gasteiger partial charge in [-0.15, -0.1) is 0 Å². The van der Waals surface area contributed by atoms with Crippen LogP contribution in [0.4, 0.5) is 4.79 Å². The highest BCUT2D eigenvalue weighted by Crippen LogP contribution is 2.06. The van der Waals surface area contributed by atoms with E-state index in [4.69, 9.17) is 4.74 Å². The average molecular weight is 332 g/mol. The maximum atomic E-state index is 11.7. The lowest BCUT2D eigenvalue weighted by molar-refractivity contribution is -0.146. The Morgan fingerprint density at radius 2 is 1.57 bits per heavy atom. The Morgan fingerprint density at radius 3 is 1.91 bits per heavy atom. The van der Waals surface area contributed by atoms with E-state index in [0.717, 1.165) is 0 Å². The standard InChI is InChI=1S/C13H24N2O5.C3H8/c1-8(2)10(11(17)19-6)15-9(16)7-14-12(18)20-13(3,4)5;1-3-2/h8,10H,7H2,1-6H3,(H,14,18)(H,15,16);3H2,1-2H3. The van der Waals surface area contributed by atoms with Crippen molar-refractivity contribution in [3.63, 3.8) is 0 Å². The molecule has 1 unspecified atom stereocenters. The molecule has 1 atom stereocenters. The first-order valence-electron chi connectivity index (χ1n) is 7.82. The van der Waals surface area contributed by atoms with E-state index in [1.165, 1.54) is 13.5 Å². The lowest BCUT2D eigenvalue weighted by Crippen LogP contribution is -2.48. The molecule has 0 aromatic rings. The number of amides is 2. The van der Waals surface area contributed by atoms with Gasteiger partial charge in [-0.3, -0.25) is 4.79 Å². The summed E-state index contributed by atoms with van der Waals surface area (Å²) in [6.45, 7) is 12.7. The highest BCUT2D eigenvalue weighted by atomic mass is 16.6. The van der Waals surface area contributed by atoms with Crippen LogP contribution in [-0.2, 0) is 19.1 Å². The molecule has 0 rings (SSSR count). The molecule has 0 aromatic heterocycles. The van der Waals surface area contributed by atoms with Gasteiger partial charge in [0.25, 0.3) is 0 Å². The highest BCUT2D eigenvalue weighted by Gasteiger charge is 2.25. The number of alkyl carbamates (subject to hydrolysis) is 1. The molecule has 23 heavy (non-hydrogen) atoms. The summed E-state index contributed by atoms with van der Waals surface area (Å²) < 4.78 is 9.59. The zero-order valence-electron chi connectivity index (χ0n) is 15.6. The Morgan fingerprint density at radius 1 is 1.09 bits per heavy atom. The third-order valence-corrected chi connectivity index (χ3v) is 2.23. The van der Waals surface area contributed by atoms with Gasteiger partial charge < -0.3 is 20.1 Å². The fourth-order valence-corrected chi connectivity index (χ4v) is 1.32. The Labute approximate surface area is 139 Å². The van der Waals surface area contributed by atoms with Crippen molar-refractivity contribution in [1.82, 2.24) is 10.6 Å². The van der Waals surface area contributed by atoms with Gasteiger partial charge in [-0.1, -0.05) is 34.1 Å². The number of carbonyl (C=O) groups is 3. The lowest BCUT2D eigenvalue weighted by atomic mass is 10.0. The molecule has 0 fully saturated rings. The molecule has 0 saturated carbocycles. The zero-order chi connectivity index (χ0) is 18.6. The van der Waals surface area contributed by atoms with Crippen LogP contribution < -0.4 is 10.6 Å². The van der Waals surface area contributed by atoms with Gasteiger partial charge in [0.05, 0.1) is 7.11 Å². The number of hydrogen-bond donors (Lipinski definition) is 2. The van der Waals surface area contributed by atoms with E-state index in [9.17, 15) is 14.4 Å². The van der Waals surface area contributed by atoms with Crippen LogP contribution >= 0.6 is 0 Å². The first kappa shape index (κ1) is 23.5. The predicted octanol–water partition coefficient (Wildman–Crippen LogP) is 2.24. The van der Waals surface area contributed by atoms with E-state index >= 15 is 0 Å². The average Bonchev–Trinajstić information content (AvgIpc) is 2.40. The van der Waals surface area contributed by atoms with Gasteiger partial charge >= 0.3 is 12.1 Å². The molecule has 2 amide bonds. The quantitative estimate of drug-likeness (QED) is 0.753.